The van der Waals surface area contributed by atoms with Gasteiger partial charge in [-0.2, -0.15) is 0 Å². The summed E-state index contributed by atoms with van der Waals surface area (Å²) >= 11 is 2.05. The summed E-state index contributed by atoms with van der Waals surface area (Å²) in [4.78, 5) is 36.2. The number of halogens is 1. The van der Waals surface area contributed by atoms with E-state index in [1.165, 1.54) is 23.1 Å². The van der Waals surface area contributed by atoms with E-state index in [4.69, 9.17) is 9.15 Å². The van der Waals surface area contributed by atoms with Gasteiger partial charge in [-0.15, -0.1) is 0 Å². The molecular weight excluding hydrogens is 491 g/mol. The van der Waals surface area contributed by atoms with Crippen molar-refractivity contribution in [2.75, 3.05) is 14.1 Å². The van der Waals surface area contributed by atoms with Crippen molar-refractivity contribution in [3.8, 4) is 5.75 Å². The molecule has 8 nitrogen and oxygen atoms in total. The quantitative estimate of drug-likeness (QED) is 0.226. The first kappa shape index (κ1) is 20.8. The van der Waals surface area contributed by atoms with Crippen molar-refractivity contribution in [3.05, 3.63) is 77.2 Å². The van der Waals surface area contributed by atoms with Crippen LogP contribution in [0.4, 0.5) is 10.5 Å². The van der Waals surface area contributed by atoms with Gasteiger partial charge >= 0.3 is 11.7 Å². The Morgan fingerprint density at radius 1 is 1.28 bits per heavy atom. The average Bonchev–Trinajstić information content (AvgIpc) is 2.66. The molecule has 1 amide bonds. The zero-order valence-electron chi connectivity index (χ0n) is 15.9. The molecule has 0 N–H and O–H groups in total. The Kier molecular flexibility index (Phi) is 5.87. The Labute approximate surface area is 179 Å². The highest BCUT2D eigenvalue weighted by atomic mass is 127. The number of fused-ring (bicyclic) bond motifs is 1. The number of carbonyl (C=O) groups is 1. The first-order chi connectivity index (χ1) is 13.7. The maximum Gasteiger partial charge on any atom is 0.414 e. The molecule has 1 aromatic heterocycles. The number of nitro benzene ring substituents is 1. The van der Waals surface area contributed by atoms with E-state index >= 15 is 0 Å². The smallest absolute Gasteiger partial charge is 0.414 e. The van der Waals surface area contributed by atoms with Crippen molar-refractivity contribution in [3.63, 3.8) is 0 Å². The van der Waals surface area contributed by atoms with Gasteiger partial charge in [-0.25, -0.2) is 9.59 Å². The number of non-ortho nitro benzene ring substituents is 1. The lowest BCUT2D eigenvalue weighted by Gasteiger charge is -2.13. The maximum atomic E-state index is 12.6. The predicted octanol–water partition coefficient (Wildman–Crippen LogP) is 4.27. The second kappa shape index (κ2) is 8.19. The molecule has 0 spiro atoms. The Morgan fingerprint density at radius 2 is 2.00 bits per heavy atom. The lowest BCUT2D eigenvalue weighted by Crippen LogP contribution is -2.25. The van der Waals surface area contributed by atoms with Crippen LogP contribution in [0.2, 0.25) is 0 Å². The molecule has 0 saturated heterocycles. The minimum Gasteiger partial charge on any atom is -0.422 e. The summed E-state index contributed by atoms with van der Waals surface area (Å²) in [5.74, 6) is 0.297. The van der Waals surface area contributed by atoms with Crippen LogP contribution in [0.25, 0.3) is 11.0 Å². The van der Waals surface area contributed by atoms with Gasteiger partial charge in [0, 0.05) is 49.7 Å². The van der Waals surface area contributed by atoms with Crippen LogP contribution in [0, 0.1) is 20.6 Å². The summed E-state index contributed by atoms with van der Waals surface area (Å²) in [5.41, 5.74) is 1.51. The van der Waals surface area contributed by atoms with Gasteiger partial charge in [0.1, 0.15) is 11.3 Å². The second-order valence-electron chi connectivity index (χ2n) is 6.64. The van der Waals surface area contributed by atoms with E-state index in [1.807, 2.05) is 22.6 Å². The number of nitro groups is 1. The molecular formula is C20H17IN2O6. The largest absolute Gasteiger partial charge is 0.422 e. The molecule has 150 valence electrons. The predicted molar refractivity (Wildman–Crippen MR) is 116 cm³/mol. The topological polar surface area (TPSA) is 103 Å². The summed E-state index contributed by atoms with van der Waals surface area (Å²) in [6.07, 6.45) is -0.330. The lowest BCUT2D eigenvalue weighted by atomic mass is 9.99. The van der Waals surface area contributed by atoms with Gasteiger partial charge in [-0.1, -0.05) is 12.1 Å². The molecule has 9 heteroatoms. The summed E-state index contributed by atoms with van der Waals surface area (Å²) in [6.45, 7) is 1.80. The zero-order valence-corrected chi connectivity index (χ0v) is 18.1. The second-order valence-corrected chi connectivity index (χ2v) is 7.80. The summed E-state index contributed by atoms with van der Waals surface area (Å²) in [5, 5.41) is 11.7. The number of hydrogen-bond donors (Lipinski definition) is 0. The van der Waals surface area contributed by atoms with Crippen LogP contribution in [-0.2, 0) is 6.42 Å². The van der Waals surface area contributed by atoms with Gasteiger partial charge in [0.15, 0.2) is 0 Å². The molecule has 0 unspecified atom stereocenters. The van der Waals surface area contributed by atoms with Gasteiger partial charge in [-0.05, 0) is 46.7 Å². The normalized spacial score (nSPS) is 10.8. The Bertz CT molecular complexity index is 1190. The molecule has 0 bridgehead atoms. The zero-order chi connectivity index (χ0) is 21.3. The molecule has 3 rings (SSSR count). The summed E-state index contributed by atoms with van der Waals surface area (Å²) < 4.78 is 11.5. The van der Waals surface area contributed by atoms with Gasteiger partial charge in [0.25, 0.3) is 5.69 Å². The first-order valence-electron chi connectivity index (χ1n) is 8.55. The van der Waals surface area contributed by atoms with Crippen molar-refractivity contribution in [2.45, 2.75) is 13.3 Å². The third-order valence-electron chi connectivity index (χ3n) is 4.40. The fourth-order valence-corrected chi connectivity index (χ4v) is 3.42. The number of carbonyl (C=O) groups excluding carboxylic acids is 1. The van der Waals surface area contributed by atoms with Crippen LogP contribution in [0.15, 0.2) is 45.6 Å². The average molecular weight is 508 g/mol. The highest BCUT2D eigenvalue weighted by molar-refractivity contribution is 14.1. The van der Waals surface area contributed by atoms with E-state index in [-0.39, 0.29) is 12.1 Å². The van der Waals surface area contributed by atoms with Crippen molar-refractivity contribution < 1.29 is 18.9 Å². The van der Waals surface area contributed by atoms with E-state index in [1.54, 1.807) is 39.2 Å². The maximum absolute atomic E-state index is 12.6. The van der Waals surface area contributed by atoms with Crippen LogP contribution >= 0.6 is 22.6 Å². The number of rotatable bonds is 4. The molecule has 0 saturated carbocycles. The molecule has 0 fully saturated rings. The standard InChI is InChI=1S/C20H17IN2O6/c1-11-14-9-16(21)18(29-20(25)22(2)3)10-17(14)28-19(24)15(11)8-12-5-4-6-13(7-12)23(26)27/h4-7,9-10H,8H2,1-3H3. The van der Waals surface area contributed by atoms with Crippen molar-refractivity contribution >= 4 is 45.3 Å². The summed E-state index contributed by atoms with van der Waals surface area (Å²) in [6, 6.07) is 9.45. The summed E-state index contributed by atoms with van der Waals surface area (Å²) in [7, 11) is 3.14. The number of benzene rings is 2. The number of nitrogens with zero attached hydrogens (tertiary/aromatic N) is 2. The molecule has 1 heterocycles. The molecule has 0 atom stereocenters. The molecule has 0 aliphatic heterocycles. The SMILES string of the molecule is Cc1c(Cc2cccc([N+](=O)[O-])c2)c(=O)oc2cc(OC(=O)N(C)C)c(I)cc12. The van der Waals surface area contributed by atoms with E-state index in [0.29, 0.717) is 37.0 Å². The first-order valence-corrected chi connectivity index (χ1v) is 9.63. The Hall–Kier alpha value is -2.95. The Balaban J connectivity index is 2.05. The third-order valence-corrected chi connectivity index (χ3v) is 5.25. The third kappa shape index (κ3) is 4.39. The molecule has 0 radical (unpaired) electrons. The van der Waals surface area contributed by atoms with E-state index in [9.17, 15) is 19.7 Å². The van der Waals surface area contributed by atoms with Crippen LogP contribution in [0.1, 0.15) is 16.7 Å². The number of hydrogen-bond acceptors (Lipinski definition) is 6. The fraction of sp³-hybridized carbons (Fsp3) is 0.200. The van der Waals surface area contributed by atoms with Gasteiger partial charge in [-0.3, -0.25) is 10.1 Å². The number of amides is 1. The van der Waals surface area contributed by atoms with Gasteiger partial charge in [0.2, 0.25) is 0 Å². The minimum atomic E-state index is -0.538. The number of ether oxygens (including phenoxy) is 1. The van der Waals surface area contributed by atoms with Crippen molar-refractivity contribution in [1.29, 1.82) is 0 Å². The van der Waals surface area contributed by atoms with E-state index in [2.05, 4.69) is 0 Å². The molecule has 2 aromatic carbocycles. The molecule has 0 aliphatic rings. The van der Waals surface area contributed by atoms with Gasteiger partial charge < -0.3 is 14.1 Å². The van der Waals surface area contributed by atoms with Crippen LogP contribution < -0.4 is 10.4 Å². The molecule has 29 heavy (non-hydrogen) atoms. The monoisotopic (exact) mass is 508 g/mol. The highest BCUT2D eigenvalue weighted by Gasteiger charge is 2.17. The minimum absolute atomic E-state index is 0.0350. The molecule has 3 aromatic rings. The highest BCUT2D eigenvalue weighted by Crippen LogP contribution is 2.30. The number of aryl methyl sites for hydroxylation is 1. The van der Waals surface area contributed by atoms with Crippen LogP contribution in [-0.4, -0.2) is 30.0 Å². The fourth-order valence-electron chi connectivity index (χ4n) is 2.84. The lowest BCUT2D eigenvalue weighted by molar-refractivity contribution is -0.384. The molecule has 0 aliphatic carbocycles. The van der Waals surface area contributed by atoms with Crippen LogP contribution in [0.3, 0.4) is 0 Å². The van der Waals surface area contributed by atoms with E-state index in [0.717, 1.165) is 0 Å². The van der Waals surface area contributed by atoms with Crippen LogP contribution in [0.5, 0.6) is 5.75 Å². The van der Waals surface area contributed by atoms with Crippen molar-refractivity contribution in [2.24, 2.45) is 0 Å². The Morgan fingerprint density at radius 3 is 2.66 bits per heavy atom. The van der Waals surface area contributed by atoms with Gasteiger partial charge in [0.05, 0.1) is 8.49 Å². The van der Waals surface area contributed by atoms with E-state index < -0.39 is 16.6 Å². The van der Waals surface area contributed by atoms with Crippen molar-refractivity contribution in [1.82, 2.24) is 4.90 Å².